The SMILES string of the molecule is CC(=O)N(CCCN(CC(P(=O)(O)O)P(=O)(O)O)C(C)=O)Cc1cccc(CN(CCCN(CC(P(=O)(O)O)P(=O)(O)O)C(C)=O)C(C)=O)n1. The fraction of sp³-hybridized carbons (Fsp3) is 0.640. The maximum atomic E-state index is 12.4. The van der Waals surface area contributed by atoms with Gasteiger partial charge >= 0.3 is 30.4 Å². The third-order valence-electron chi connectivity index (χ3n) is 7.38. The van der Waals surface area contributed by atoms with Crippen molar-refractivity contribution >= 4 is 54.0 Å². The molecule has 0 atom stereocenters. The highest BCUT2D eigenvalue weighted by Crippen LogP contribution is 2.60. The predicted octanol–water partition coefficient (Wildman–Crippen LogP) is -0.381. The molecule has 1 heterocycles. The summed E-state index contributed by atoms with van der Waals surface area (Å²) in [5, 5.41) is -4.82. The van der Waals surface area contributed by atoms with Gasteiger partial charge < -0.3 is 58.7 Å². The zero-order chi connectivity index (χ0) is 38.8. The number of pyridine rings is 1. The zero-order valence-electron chi connectivity index (χ0n) is 27.8. The topological polar surface area (TPSA) is 324 Å². The Bertz CT molecular complexity index is 1400. The first kappa shape index (κ1) is 45.7. The highest BCUT2D eigenvalue weighted by molar-refractivity contribution is 7.71. The molecule has 1 aromatic rings. The molecule has 0 aliphatic heterocycles. The summed E-state index contributed by atoms with van der Waals surface area (Å²) in [6.07, 6.45) is 0.151. The summed E-state index contributed by atoms with van der Waals surface area (Å²) in [4.78, 5) is 133. The molecule has 0 aliphatic carbocycles. The summed E-state index contributed by atoms with van der Waals surface area (Å²) in [6.45, 7) is 2.49. The van der Waals surface area contributed by atoms with Crippen LogP contribution in [0.25, 0.3) is 0 Å². The molecule has 8 N–H and O–H groups in total. The van der Waals surface area contributed by atoms with Crippen LogP contribution in [0.3, 0.4) is 0 Å². The van der Waals surface area contributed by atoms with E-state index in [1.54, 1.807) is 18.2 Å². The maximum Gasteiger partial charge on any atom is 0.342 e. The van der Waals surface area contributed by atoms with Crippen LogP contribution in [0.5, 0.6) is 0 Å². The van der Waals surface area contributed by atoms with Gasteiger partial charge in [0.05, 0.1) is 24.5 Å². The highest BCUT2D eigenvalue weighted by atomic mass is 31.2. The minimum Gasteiger partial charge on any atom is -0.341 e. The maximum absolute atomic E-state index is 12.4. The summed E-state index contributed by atoms with van der Waals surface area (Å²) >= 11 is 0. The van der Waals surface area contributed by atoms with Gasteiger partial charge in [-0.2, -0.15) is 0 Å². The van der Waals surface area contributed by atoms with Crippen molar-refractivity contribution < 1.29 is 76.6 Å². The first-order chi connectivity index (χ1) is 22.6. The standard InChI is InChI=1S/C25H45N5O16P4/c1-18(31)27(10-6-12-29(20(3)33)16-24(47(35,36)37)48(38,39)40)14-22-8-5-9-23(26-22)15-28(19(2)32)11-7-13-30(21(4)34)17-25(49(41,42)43)50(44,45)46/h5,8-9,24-25H,6-7,10-17H2,1-4H3,(H2,35,36,37)(H2,38,39,40)(H2,41,42,43)(H2,44,45,46). The first-order valence-electron chi connectivity index (χ1n) is 14.8. The van der Waals surface area contributed by atoms with Crippen LogP contribution in [0.15, 0.2) is 18.2 Å². The Kier molecular flexibility index (Phi) is 17.3. The Balaban J connectivity index is 2.96. The lowest BCUT2D eigenvalue weighted by Gasteiger charge is -2.29. The zero-order valence-corrected chi connectivity index (χ0v) is 31.4. The molecule has 0 aromatic carbocycles. The van der Waals surface area contributed by atoms with E-state index in [0.29, 0.717) is 11.4 Å². The van der Waals surface area contributed by atoms with Gasteiger partial charge in [-0.3, -0.25) is 42.4 Å². The van der Waals surface area contributed by atoms with Gasteiger partial charge in [-0.25, -0.2) is 0 Å². The molecule has 0 aliphatic rings. The number of rotatable bonds is 20. The Labute approximate surface area is 288 Å². The molecule has 4 amide bonds. The average molecular weight is 796 g/mol. The van der Waals surface area contributed by atoms with Crippen molar-refractivity contribution in [1.29, 1.82) is 0 Å². The van der Waals surface area contributed by atoms with Crippen molar-refractivity contribution in [3.8, 4) is 0 Å². The number of amides is 4. The average Bonchev–Trinajstić information content (AvgIpc) is 2.92. The lowest BCUT2D eigenvalue weighted by atomic mass is 10.2. The lowest BCUT2D eigenvalue weighted by molar-refractivity contribution is -0.131. The molecule has 0 saturated carbocycles. The van der Waals surface area contributed by atoms with Gasteiger partial charge in [-0.05, 0) is 25.0 Å². The van der Waals surface area contributed by atoms with Crippen molar-refractivity contribution in [2.75, 3.05) is 39.3 Å². The molecule has 0 unspecified atom stereocenters. The Morgan fingerprint density at radius 3 is 1.04 bits per heavy atom. The Morgan fingerprint density at radius 2 is 0.800 bits per heavy atom. The van der Waals surface area contributed by atoms with Crippen LogP contribution < -0.4 is 0 Å². The smallest absolute Gasteiger partial charge is 0.341 e. The minimum atomic E-state index is -5.28. The summed E-state index contributed by atoms with van der Waals surface area (Å²) in [6, 6.07) is 4.83. The number of aromatic nitrogens is 1. The molecule has 0 radical (unpaired) electrons. The molecule has 0 saturated heterocycles. The van der Waals surface area contributed by atoms with E-state index in [0.717, 1.165) is 23.6 Å². The first-order valence-corrected chi connectivity index (χ1v) is 21.5. The van der Waals surface area contributed by atoms with Crippen molar-refractivity contribution in [1.82, 2.24) is 24.6 Å². The number of carbonyl (C=O) groups excluding carboxylic acids is 4. The van der Waals surface area contributed by atoms with E-state index in [9.17, 15) is 76.6 Å². The van der Waals surface area contributed by atoms with Gasteiger partial charge in [0.1, 0.15) is 0 Å². The molecule has 286 valence electrons. The van der Waals surface area contributed by atoms with Gasteiger partial charge in [-0.1, -0.05) is 6.07 Å². The Hall–Kier alpha value is -2.37. The third-order valence-corrected chi connectivity index (χ3v) is 14.8. The third kappa shape index (κ3) is 15.9. The molecule has 50 heavy (non-hydrogen) atoms. The van der Waals surface area contributed by atoms with E-state index >= 15 is 0 Å². The summed E-state index contributed by atoms with van der Waals surface area (Å²) in [5.41, 5.74) is 0.799. The molecule has 1 rings (SSSR count). The van der Waals surface area contributed by atoms with Crippen molar-refractivity contribution in [3.05, 3.63) is 29.6 Å². The molecule has 0 bridgehead atoms. The van der Waals surface area contributed by atoms with Crippen LogP contribution in [-0.4, -0.2) is 137 Å². The molecule has 0 fully saturated rings. The van der Waals surface area contributed by atoms with Crippen LogP contribution in [0.1, 0.15) is 51.9 Å². The predicted molar refractivity (Wildman–Crippen MR) is 176 cm³/mol. The van der Waals surface area contributed by atoms with Crippen LogP contribution in [0, 0.1) is 0 Å². The van der Waals surface area contributed by atoms with Crippen molar-refractivity contribution in [3.63, 3.8) is 0 Å². The highest BCUT2D eigenvalue weighted by Gasteiger charge is 2.45. The molecule has 0 spiro atoms. The summed E-state index contributed by atoms with van der Waals surface area (Å²) in [5.74, 6) is -2.18. The largest absolute Gasteiger partial charge is 0.342 e. The lowest BCUT2D eigenvalue weighted by Crippen LogP contribution is -2.39. The normalized spacial score (nSPS) is 12.6. The van der Waals surface area contributed by atoms with Crippen LogP contribution in [0.4, 0.5) is 0 Å². The second-order valence-corrected chi connectivity index (χ2v) is 19.5. The van der Waals surface area contributed by atoms with Crippen LogP contribution in [0.2, 0.25) is 0 Å². The van der Waals surface area contributed by atoms with E-state index in [2.05, 4.69) is 4.98 Å². The van der Waals surface area contributed by atoms with Crippen molar-refractivity contribution in [2.45, 2.75) is 64.4 Å². The quantitative estimate of drug-likeness (QED) is 0.0780. The molecule has 25 heteroatoms. The fourth-order valence-electron chi connectivity index (χ4n) is 4.66. The number of hydrogen-bond donors (Lipinski definition) is 8. The second kappa shape index (κ2) is 18.9. The minimum absolute atomic E-state index is 0.0230. The van der Waals surface area contributed by atoms with E-state index in [-0.39, 0.29) is 52.1 Å². The molecular formula is C25H45N5O16P4. The second-order valence-electron chi connectivity index (χ2n) is 11.5. The van der Waals surface area contributed by atoms with Gasteiger partial charge in [0.2, 0.25) is 23.6 Å². The number of hydrogen-bond acceptors (Lipinski definition) is 9. The summed E-state index contributed by atoms with van der Waals surface area (Å²) in [7, 11) is -21.1. The van der Waals surface area contributed by atoms with Gasteiger partial charge in [-0.15, -0.1) is 0 Å². The van der Waals surface area contributed by atoms with E-state index in [1.807, 2.05) is 0 Å². The van der Waals surface area contributed by atoms with Gasteiger partial charge in [0.25, 0.3) is 0 Å². The van der Waals surface area contributed by atoms with Crippen LogP contribution in [-0.2, 0) is 50.5 Å². The monoisotopic (exact) mass is 795 g/mol. The van der Waals surface area contributed by atoms with E-state index in [4.69, 9.17) is 0 Å². The number of carbonyl (C=O) groups is 4. The van der Waals surface area contributed by atoms with E-state index < -0.39 is 77.9 Å². The van der Waals surface area contributed by atoms with E-state index in [1.165, 1.54) is 23.6 Å². The van der Waals surface area contributed by atoms with Crippen LogP contribution >= 0.6 is 30.4 Å². The molecule has 1 aromatic heterocycles. The Morgan fingerprint density at radius 1 is 0.540 bits per heavy atom. The molecular weight excluding hydrogens is 750 g/mol. The van der Waals surface area contributed by atoms with Gasteiger partial charge in [0, 0.05) is 67.0 Å². The fourth-order valence-corrected chi connectivity index (χ4v) is 9.44. The van der Waals surface area contributed by atoms with Gasteiger partial charge in [0.15, 0.2) is 10.8 Å². The summed E-state index contributed by atoms with van der Waals surface area (Å²) < 4.78 is 46.6. The molecule has 21 nitrogen and oxygen atoms in total. The number of nitrogens with zero attached hydrogens (tertiary/aromatic N) is 5. The van der Waals surface area contributed by atoms with Crippen molar-refractivity contribution in [2.24, 2.45) is 0 Å².